The number of aromatic carboxylic acids is 1. The molecule has 1 saturated heterocycles. The molecule has 0 aliphatic carbocycles. The lowest BCUT2D eigenvalue weighted by molar-refractivity contribution is 0.0691. The Labute approximate surface area is 144 Å². The molecule has 0 aromatic heterocycles. The fourth-order valence-corrected chi connectivity index (χ4v) is 3.02. The van der Waals surface area contributed by atoms with E-state index in [2.05, 4.69) is 4.90 Å². The quantitative estimate of drug-likeness (QED) is 0.871. The van der Waals surface area contributed by atoms with Gasteiger partial charge < -0.3 is 14.7 Å². The van der Waals surface area contributed by atoms with E-state index in [0.717, 1.165) is 18.8 Å². The van der Waals surface area contributed by atoms with Crippen LogP contribution in [0.5, 0.6) is 5.75 Å². The van der Waals surface area contributed by atoms with Crippen molar-refractivity contribution in [3.8, 4) is 5.75 Å². The van der Waals surface area contributed by atoms with E-state index in [9.17, 15) is 9.18 Å². The average molecular weight is 350 g/mol. The Morgan fingerprint density at radius 2 is 2.00 bits per heavy atom. The molecule has 126 valence electrons. The van der Waals surface area contributed by atoms with E-state index >= 15 is 0 Å². The molecule has 24 heavy (non-hydrogen) atoms. The largest absolute Gasteiger partial charge is 0.487 e. The van der Waals surface area contributed by atoms with Gasteiger partial charge in [0.25, 0.3) is 0 Å². The van der Waals surface area contributed by atoms with Crippen LogP contribution in [0.15, 0.2) is 36.4 Å². The second-order valence-electron chi connectivity index (χ2n) is 5.68. The molecule has 2 aromatic carbocycles. The van der Waals surface area contributed by atoms with E-state index in [1.54, 1.807) is 6.07 Å². The Kier molecular flexibility index (Phi) is 4.90. The third kappa shape index (κ3) is 3.46. The molecule has 0 atom stereocenters. The molecule has 1 fully saturated rings. The van der Waals surface area contributed by atoms with Crippen LogP contribution >= 0.6 is 11.6 Å². The highest BCUT2D eigenvalue weighted by Gasteiger charge is 2.16. The van der Waals surface area contributed by atoms with Crippen molar-refractivity contribution in [2.24, 2.45) is 0 Å². The maximum absolute atomic E-state index is 14.1. The zero-order chi connectivity index (χ0) is 17.1. The molecule has 0 spiro atoms. The molecule has 0 radical (unpaired) electrons. The standard InChI is InChI=1S/C18H17ClFNO3/c19-15-10-13(21-8-1-2-9-21)6-7-16(15)24-11-12-4-3-5-14(17(12)20)18(22)23/h3-7,10H,1-2,8-9,11H2,(H,22,23). The van der Waals surface area contributed by atoms with E-state index in [4.69, 9.17) is 21.4 Å². The number of carboxylic acid groups (broad SMARTS) is 1. The van der Waals surface area contributed by atoms with Crippen LogP contribution in [0.3, 0.4) is 0 Å². The summed E-state index contributed by atoms with van der Waals surface area (Å²) in [6.45, 7) is 1.95. The molecule has 6 heteroatoms. The highest BCUT2D eigenvalue weighted by atomic mass is 35.5. The molecule has 0 unspecified atom stereocenters. The Balaban J connectivity index is 1.73. The Bertz CT molecular complexity index is 760. The lowest BCUT2D eigenvalue weighted by atomic mass is 10.1. The van der Waals surface area contributed by atoms with E-state index < -0.39 is 11.8 Å². The van der Waals surface area contributed by atoms with Gasteiger partial charge in [0.1, 0.15) is 18.2 Å². The van der Waals surface area contributed by atoms with Crippen molar-refractivity contribution >= 4 is 23.3 Å². The van der Waals surface area contributed by atoms with Gasteiger partial charge in [-0.15, -0.1) is 0 Å². The van der Waals surface area contributed by atoms with Gasteiger partial charge in [0.15, 0.2) is 0 Å². The van der Waals surface area contributed by atoms with Crippen LogP contribution in [-0.4, -0.2) is 24.2 Å². The Morgan fingerprint density at radius 1 is 1.25 bits per heavy atom. The number of nitrogens with zero attached hydrogens (tertiary/aromatic N) is 1. The second-order valence-corrected chi connectivity index (χ2v) is 6.09. The highest BCUT2D eigenvalue weighted by Crippen LogP contribution is 2.31. The predicted octanol–water partition coefficient (Wildman–Crippen LogP) is 4.36. The maximum atomic E-state index is 14.1. The fraction of sp³-hybridized carbons (Fsp3) is 0.278. The van der Waals surface area contributed by atoms with Crippen LogP contribution < -0.4 is 9.64 Å². The molecule has 0 saturated carbocycles. The lowest BCUT2D eigenvalue weighted by Crippen LogP contribution is -2.17. The van der Waals surface area contributed by atoms with Gasteiger partial charge >= 0.3 is 5.97 Å². The number of rotatable bonds is 5. The molecule has 1 aliphatic rings. The number of anilines is 1. The van der Waals surface area contributed by atoms with Crippen molar-refractivity contribution in [1.29, 1.82) is 0 Å². The Hall–Kier alpha value is -2.27. The summed E-state index contributed by atoms with van der Waals surface area (Å²) in [5.74, 6) is -1.64. The molecule has 0 amide bonds. The number of halogens is 2. The van der Waals surface area contributed by atoms with Crippen molar-refractivity contribution in [1.82, 2.24) is 0 Å². The topological polar surface area (TPSA) is 49.8 Å². The summed E-state index contributed by atoms with van der Waals surface area (Å²) in [6, 6.07) is 9.73. The SMILES string of the molecule is O=C(O)c1cccc(COc2ccc(N3CCCC3)cc2Cl)c1F. The summed E-state index contributed by atoms with van der Waals surface area (Å²) in [6.07, 6.45) is 2.35. The van der Waals surface area contributed by atoms with Crippen LogP contribution in [0.25, 0.3) is 0 Å². The van der Waals surface area contributed by atoms with Gasteiger partial charge in [-0.25, -0.2) is 9.18 Å². The minimum Gasteiger partial charge on any atom is -0.487 e. The number of ether oxygens (including phenoxy) is 1. The van der Waals surface area contributed by atoms with E-state index in [1.807, 2.05) is 12.1 Å². The molecular weight excluding hydrogens is 333 g/mol. The Morgan fingerprint density at radius 3 is 2.67 bits per heavy atom. The maximum Gasteiger partial charge on any atom is 0.338 e. The van der Waals surface area contributed by atoms with Crippen molar-refractivity contribution in [2.75, 3.05) is 18.0 Å². The summed E-state index contributed by atoms with van der Waals surface area (Å²) < 4.78 is 19.7. The van der Waals surface area contributed by atoms with Crippen molar-refractivity contribution in [2.45, 2.75) is 19.4 Å². The third-order valence-corrected chi connectivity index (χ3v) is 4.37. The molecule has 4 nitrogen and oxygen atoms in total. The average Bonchev–Trinajstić information content (AvgIpc) is 3.09. The molecule has 0 bridgehead atoms. The van der Waals surface area contributed by atoms with Crippen LogP contribution in [0, 0.1) is 5.82 Å². The van der Waals surface area contributed by atoms with E-state index in [-0.39, 0.29) is 17.7 Å². The van der Waals surface area contributed by atoms with Crippen LogP contribution in [0.4, 0.5) is 10.1 Å². The number of carbonyl (C=O) groups is 1. The van der Waals surface area contributed by atoms with Gasteiger partial charge in [0, 0.05) is 24.3 Å². The van der Waals surface area contributed by atoms with Crippen molar-refractivity contribution in [3.63, 3.8) is 0 Å². The number of hydrogen-bond donors (Lipinski definition) is 1. The fourth-order valence-electron chi connectivity index (χ4n) is 2.79. The summed E-state index contributed by atoms with van der Waals surface area (Å²) >= 11 is 6.26. The van der Waals surface area contributed by atoms with Crippen molar-refractivity contribution in [3.05, 3.63) is 58.4 Å². The molecular formula is C18H17ClFNO3. The van der Waals surface area contributed by atoms with Crippen LogP contribution in [-0.2, 0) is 6.61 Å². The van der Waals surface area contributed by atoms with Gasteiger partial charge in [-0.2, -0.15) is 0 Å². The predicted molar refractivity (Wildman–Crippen MR) is 90.6 cm³/mol. The highest BCUT2D eigenvalue weighted by molar-refractivity contribution is 6.32. The number of benzene rings is 2. The first-order valence-corrected chi connectivity index (χ1v) is 8.12. The normalized spacial score (nSPS) is 14.0. The van der Waals surface area contributed by atoms with Crippen molar-refractivity contribution < 1.29 is 19.0 Å². The van der Waals surface area contributed by atoms with E-state index in [0.29, 0.717) is 10.8 Å². The summed E-state index contributed by atoms with van der Waals surface area (Å²) in [5.41, 5.74) is 0.852. The smallest absolute Gasteiger partial charge is 0.338 e. The third-order valence-electron chi connectivity index (χ3n) is 4.08. The first kappa shape index (κ1) is 16.6. The van der Waals surface area contributed by atoms with E-state index in [1.165, 1.54) is 31.0 Å². The van der Waals surface area contributed by atoms with Gasteiger partial charge in [-0.1, -0.05) is 23.7 Å². The number of carboxylic acids is 1. The lowest BCUT2D eigenvalue weighted by Gasteiger charge is -2.18. The first-order valence-electron chi connectivity index (χ1n) is 7.74. The molecule has 3 rings (SSSR count). The monoisotopic (exact) mass is 349 g/mol. The zero-order valence-electron chi connectivity index (χ0n) is 13.0. The van der Waals surface area contributed by atoms with Gasteiger partial charge in [-0.3, -0.25) is 0 Å². The van der Waals surface area contributed by atoms with Crippen LogP contribution in [0.2, 0.25) is 5.02 Å². The van der Waals surface area contributed by atoms with Gasteiger partial charge in [0.05, 0.1) is 10.6 Å². The molecule has 1 N–H and O–H groups in total. The first-order chi connectivity index (χ1) is 11.6. The summed E-state index contributed by atoms with van der Waals surface area (Å²) in [5, 5.41) is 9.40. The van der Waals surface area contributed by atoms with Crippen LogP contribution in [0.1, 0.15) is 28.8 Å². The summed E-state index contributed by atoms with van der Waals surface area (Å²) in [7, 11) is 0. The summed E-state index contributed by atoms with van der Waals surface area (Å²) in [4.78, 5) is 13.2. The molecule has 1 heterocycles. The minimum absolute atomic E-state index is 0.0876. The molecule has 2 aromatic rings. The second kappa shape index (κ2) is 7.09. The van der Waals surface area contributed by atoms with Gasteiger partial charge in [0.2, 0.25) is 0 Å². The zero-order valence-corrected chi connectivity index (χ0v) is 13.7. The number of hydrogen-bond acceptors (Lipinski definition) is 3. The van der Waals surface area contributed by atoms with Gasteiger partial charge in [-0.05, 0) is 37.1 Å². The minimum atomic E-state index is -1.30. The molecule has 1 aliphatic heterocycles.